The van der Waals surface area contributed by atoms with E-state index >= 15 is 0 Å². The Bertz CT molecular complexity index is 412. The molecule has 0 amide bonds. The minimum atomic E-state index is -3.39. The van der Waals surface area contributed by atoms with Crippen LogP contribution in [0.4, 0.5) is 0 Å². The van der Waals surface area contributed by atoms with Gasteiger partial charge in [-0.25, -0.2) is 8.42 Å². The van der Waals surface area contributed by atoms with Crippen molar-refractivity contribution < 1.29 is 22.7 Å². The van der Waals surface area contributed by atoms with Crippen molar-refractivity contribution >= 4 is 15.4 Å². The summed E-state index contributed by atoms with van der Waals surface area (Å²) in [5.41, 5.74) is 8.86. The smallest absolute Gasteiger partial charge is 0.361 e. The van der Waals surface area contributed by atoms with Crippen LogP contribution in [-0.2, 0) is 19.3 Å². The number of sulfone groups is 1. The predicted octanol–water partition coefficient (Wildman–Crippen LogP) is 0.593. The molecule has 96 valence electrons. The lowest BCUT2D eigenvalue weighted by atomic mass is 9.86. The standard InChI is InChI=1S/C10H16N2O4S/c11-12-8-17(13,14)7-9-1-3-10(4-2-9)15-5-6-16-10/h8-9H,1-7H2. The minimum Gasteiger partial charge on any atom is -0.361 e. The van der Waals surface area contributed by atoms with Gasteiger partial charge in [0.15, 0.2) is 5.79 Å². The summed E-state index contributed by atoms with van der Waals surface area (Å²) in [7, 11) is -3.39. The Hall–Kier alpha value is -0.750. The van der Waals surface area contributed by atoms with Crippen LogP contribution in [0.5, 0.6) is 0 Å². The van der Waals surface area contributed by atoms with Gasteiger partial charge in [0, 0.05) is 12.8 Å². The van der Waals surface area contributed by atoms with E-state index < -0.39 is 15.6 Å². The second-order valence-corrected chi connectivity index (χ2v) is 6.47. The Morgan fingerprint density at radius 2 is 1.88 bits per heavy atom. The number of hydrogen-bond acceptors (Lipinski definition) is 4. The van der Waals surface area contributed by atoms with Gasteiger partial charge in [-0.2, -0.15) is 4.79 Å². The molecule has 1 saturated carbocycles. The third-order valence-corrected chi connectivity index (χ3v) is 4.71. The maximum Gasteiger partial charge on any atom is 0.370 e. The monoisotopic (exact) mass is 260 g/mol. The van der Waals surface area contributed by atoms with Crippen LogP contribution >= 0.6 is 0 Å². The molecule has 1 aliphatic carbocycles. The van der Waals surface area contributed by atoms with Crippen molar-refractivity contribution in [1.29, 1.82) is 0 Å². The number of ether oxygens (including phenoxy) is 2. The van der Waals surface area contributed by atoms with Crippen LogP contribution in [0, 0.1) is 5.92 Å². The summed E-state index contributed by atoms with van der Waals surface area (Å²) in [5.74, 6) is -0.324. The number of rotatable bonds is 3. The van der Waals surface area contributed by atoms with Gasteiger partial charge in [-0.05, 0) is 18.8 Å². The first-order valence-corrected chi connectivity index (χ1v) is 7.45. The minimum absolute atomic E-state index is 0.0349. The fourth-order valence-corrected chi connectivity index (χ4v) is 3.73. The molecule has 17 heavy (non-hydrogen) atoms. The van der Waals surface area contributed by atoms with E-state index in [-0.39, 0.29) is 11.7 Å². The zero-order valence-electron chi connectivity index (χ0n) is 9.54. The van der Waals surface area contributed by atoms with Crippen molar-refractivity contribution in [3.05, 3.63) is 5.53 Å². The molecule has 0 aromatic carbocycles. The highest BCUT2D eigenvalue weighted by Crippen LogP contribution is 2.38. The maximum atomic E-state index is 11.4. The Kier molecular flexibility index (Phi) is 3.63. The van der Waals surface area contributed by atoms with E-state index in [0.717, 1.165) is 25.7 Å². The van der Waals surface area contributed by atoms with Crippen molar-refractivity contribution in [2.24, 2.45) is 5.92 Å². The number of hydrogen-bond donors (Lipinski definition) is 0. The average Bonchev–Trinajstić information content (AvgIpc) is 2.70. The molecule has 2 aliphatic rings. The topological polar surface area (TPSA) is 89.0 Å². The van der Waals surface area contributed by atoms with Crippen molar-refractivity contribution in [3.8, 4) is 0 Å². The van der Waals surface area contributed by atoms with E-state index in [4.69, 9.17) is 15.0 Å². The molecule has 1 heterocycles. The normalized spacial score (nSPS) is 24.7. The zero-order chi connectivity index (χ0) is 12.4. The maximum absolute atomic E-state index is 11.4. The van der Waals surface area contributed by atoms with Crippen LogP contribution in [0.25, 0.3) is 5.53 Å². The molecule has 1 aliphatic heterocycles. The zero-order valence-corrected chi connectivity index (χ0v) is 10.4. The molecule has 1 saturated heterocycles. The molecule has 0 atom stereocenters. The molecule has 0 unspecified atom stereocenters. The summed E-state index contributed by atoms with van der Waals surface area (Å²) < 4.78 is 34.0. The summed E-state index contributed by atoms with van der Waals surface area (Å²) in [6, 6.07) is 0. The van der Waals surface area contributed by atoms with E-state index in [0.29, 0.717) is 18.8 Å². The van der Waals surface area contributed by atoms with Gasteiger partial charge in [-0.15, -0.1) is 0 Å². The fraction of sp³-hybridized carbons (Fsp3) is 0.900. The van der Waals surface area contributed by atoms with Crippen LogP contribution in [0.3, 0.4) is 0 Å². The van der Waals surface area contributed by atoms with Crippen molar-refractivity contribution in [2.75, 3.05) is 19.0 Å². The summed E-state index contributed by atoms with van der Waals surface area (Å²) >= 11 is 0. The molecule has 1 spiro atoms. The highest BCUT2D eigenvalue weighted by Gasteiger charge is 2.41. The molecular formula is C10H16N2O4S. The fourth-order valence-electron chi connectivity index (χ4n) is 2.51. The first-order chi connectivity index (χ1) is 8.05. The summed E-state index contributed by atoms with van der Waals surface area (Å²) in [4.78, 5) is 2.58. The van der Waals surface area contributed by atoms with E-state index in [1.165, 1.54) is 0 Å². The van der Waals surface area contributed by atoms with E-state index in [2.05, 4.69) is 4.79 Å². The molecule has 0 aromatic heterocycles. The van der Waals surface area contributed by atoms with Gasteiger partial charge in [0.1, 0.15) is 0 Å². The van der Waals surface area contributed by atoms with Crippen LogP contribution in [-0.4, -0.2) is 43.5 Å². The SMILES string of the molecule is [N-]=[N+]=CS(=O)(=O)CC1CCC2(CC1)OCCO2. The Morgan fingerprint density at radius 1 is 1.29 bits per heavy atom. The second kappa shape index (κ2) is 4.86. The number of nitrogens with zero attached hydrogens (tertiary/aromatic N) is 2. The van der Waals surface area contributed by atoms with Crippen LogP contribution in [0.2, 0.25) is 0 Å². The predicted molar refractivity (Wildman–Crippen MR) is 60.1 cm³/mol. The van der Waals surface area contributed by atoms with E-state index in [1.807, 2.05) is 0 Å². The third-order valence-electron chi connectivity index (χ3n) is 3.36. The van der Waals surface area contributed by atoms with Crippen molar-refractivity contribution in [3.63, 3.8) is 0 Å². The largest absolute Gasteiger partial charge is 0.370 e. The summed E-state index contributed by atoms with van der Waals surface area (Å²) in [6.45, 7) is 1.25. The molecule has 6 nitrogen and oxygen atoms in total. The molecule has 0 bridgehead atoms. The Morgan fingerprint density at radius 3 is 2.41 bits per heavy atom. The summed E-state index contributed by atoms with van der Waals surface area (Å²) in [6.07, 6.45) is 3.00. The highest BCUT2D eigenvalue weighted by molar-refractivity contribution is 8.04. The quantitative estimate of drug-likeness (QED) is 0.321. The average molecular weight is 260 g/mol. The Balaban J connectivity index is 1.89. The van der Waals surface area contributed by atoms with Crippen LogP contribution in [0.1, 0.15) is 25.7 Å². The van der Waals surface area contributed by atoms with Crippen LogP contribution < -0.4 is 0 Å². The van der Waals surface area contributed by atoms with Gasteiger partial charge in [0.2, 0.25) is 9.84 Å². The third kappa shape index (κ3) is 3.13. The van der Waals surface area contributed by atoms with Gasteiger partial charge in [0.05, 0.1) is 19.0 Å². The van der Waals surface area contributed by atoms with Gasteiger partial charge in [-0.1, -0.05) is 0 Å². The van der Waals surface area contributed by atoms with Gasteiger partial charge >= 0.3 is 5.55 Å². The molecule has 2 rings (SSSR count). The molecule has 2 fully saturated rings. The van der Waals surface area contributed by atoms with E-state index in [9.17, 15) is 8.42 Å². The summed E-state index contributed by atoms with van der Waals surface area (Å²) in [5, 5.41) is 0. The van der Waals surface area contributed by atoms with Crippen molar-refractivity contribution in [2.45, 2.75) is 31.5 Å². The lowest BCUT2D eigenvalue weighted by Gasteiger charge is -2.34. The molecular weight excluding hydrogens is 244 g/mol. The Labute approximate surface area is 100 Å². The first kappa shape index (κ1) is 12.7. The molecule has 7 heteroatoms. The van der Waals surface area contributed by atoms with Gasteiger partial charge < -0.3 is 15.0 Å². The first-order valence-electron chi connectivity index (χ1n) is 5.73. The molecule has 0 radical (unpaired) electrons. The van der Waals surface area contributed by atoms with Gasteiger partial charge in [-0.3, -0.25) is 0 Å². The van der Waals surface area contributed by atoms with Crippen LogP contribution in [0.15, 0.2) is 0 Å². The lowest BCUT2D eigenvalue weighted by molar-refractivity contribution is -0.181. The molecule has 0 aromatic rings. The molecule has 0 N–H and O–H groups in total. The van der Waals surface area contributed by atoms with Crippen molar-refractivity contribution in [1.82, 2.24) is 0 Å². The van der Waals surface area contributed by atoms with E-state index in [1.54, 1.807) is 0 Å². The second-order valence-electron chi connectivity index (χ2n) is 4.60. The highest BCUT2D eigenvalue weighted by atomic mass is 32.2. The van der Waals surface area contributed by atoms with Gasteiger partial charge in [0.25, 0.3) is 0 Å². The lowest BCUT2D eigenvalue weighted by Crippen LogP contribution is -2.36.